The van der Waals surface area contributed by atoms with E-state index in [4.69, 9.17) is 4.74 Å². The highest BCUT2D eigenvalue weighted by Gasteiger charge is 2.50. The van der Waals surface area contributed by atoms with E-state index in [9.17, 15) is 9.90 Å². The van der Waals surface area contributed by atoms with Gasteiger partial charge in [-0.05, 0) is 75.2 Å². The van der Waals surface area contributed by atoms with Gasteiger partial charge in [0.2, 0.25) is 5.91 Å². The summed E-state index contributed by atoms with van der Waals surface area (Å²) in [6, 6.07) is 6.12. The number of carbonyl (C=O) groups is 1. The van der Waals surface area contributed by atoms with Crippen LogP contribution in [0.25, 0.3) is 10.9 Å². The van der Waals surface area contributed by atoms with Crippen LogP contribution in [0.5, 0.6) is 5.75 Å². The molecule has 3 heterocycles. The first-order valence-corrected chi connectivity index (χ1v) is 14.3. The van der Waals surface area contributed by atoms with Crippen LogP contribution in [0.4, 0.5) is 0 Å². The Morgan fingerprint density at radius 2 is 1.78 bits per heavy atom. The standard InChI is InChI=1S/C30H43N3O3/c1-31-25-17-23(36-2)11-12-24(25)27-28(31)26(19-34)33(29(35)22-9-5-6-10-22)20-30(27)13-15-32(16-14-30)18-21-7-3-4-8-21/h11-12,17,21-22,26,34H,3-10,13-16,18-20H2,1-2H3/t26-/m1/s1. The molecule has 36 heavy (non-hydrogen) atoms. The van der Waals surface area contributed by atoms with Gasteiger partial charge in [-0.15, -0.1) is 0 Å². The number of fused-ring (bicyclic) bond motifs is 4. The summed E-state index contributed by atoms with van der Waals surface area (Å²) in [7, 11) is 3.82. The SMILES string of the molecule is COc1ccc2c3c(n(C)c2c1)[C@@H](CO)N(C(=O)C1CCCC1)CC31CCN(CC2CCCC2)CC1. The summed E-state index contributed by atoms with van der Waals surface area (Å²) in [5.41, 5.74) is 3.61. The van der Waals surface area contributed by atoms with Crippen molar-refractivity contribution >= 4 is 16.8 Å². The van der Waals surface area contributed by atoms with Crippen LogP contribution in [-0.4, -0.2) is 65.3 Å². The first kappa shape index (κ1) is 24.3. The van der Waals surface area contributed by atoms with E-state index in [-0.39, 0.29) is 29.9 Å². The zero-order valence-corrected chi connectivity index (χ0v) is 22.2. The van der Waals surface area contributed by atoms with Crippen LogP contribution in [0.15, 0.2) is 18.2 Å². The van der Waals surface area contributed by atoms with Gasteiger partial charge in [0.1, 0.15) is 5.75 Å². The van der Waals surface area contributed by atoms with E-state index in [2.05, 4.69) is 39.6 Å². The topological polar surface area (TPSA) is 57.9 Å². The molecule has 0 bridgehead atoms. The minimum absolute atomic E-state index is 0.0311. The number of carbonyl (C=O) groups excluding carboxylic acids is 1. The molecule has 1 aromatic carbocycles. The summed E-state index contributed by atoms with van der Waals surface area (Å²) in [5, 5.41) is 12.0. The summed E-state index contributed by atoms with van der Waals surface area (Å²) in [4.78, 5) is 18.7. The Labute approximate surface area is 215 Å². The fourth-order valence-electron chi connectivity index (χ4n) is 8.13. The Morgan fingerprint density at radius 3 is 2.44 bits per heavy atom. The molecule has 0 radical (unpaired) electrons. The number of likely N-dealkylation sites (tertiary alicyclic amines) is 1. The van der Waals surface area contributed by atoms with Crippen molar-refractivity contribution in [1.82, 2.24) is 14.4 Å². The Hall–Kier alpha value is -2.05. The van der Waals surface area contributed by atoms with E-state index in [1.165, 1.54) is 43.2 Å². The van der Waals surface area contributed by atoms with Crippen LogP contribution in [0.3, 0.4) is 0 Å². The molecule has 6 nitrogen and oxygen atoms in total. The van der Waals surface area contributed by atoms with Crippen LogP contribution >= 0.6 is 0 Å². The molecule has 2 saturated carbocycles. The number of ether oxygens (including phenoxy) is 1. The second-order valence-corrected chi connectivity index (χ2v) is 12.1. The highest BCUT2D eigenvalue weighted by molar-refractivity contribution is 5.90. The van der Waals surface area contributed by atoms with Gasteiger partial charge in [0.25, 0.3) is 0 Å². The van der Waals surface area contributed by atoms with E-state index in [0.717, 1.165) is 81.0 Å². The first-order valence-electron chi connectivity index (χ1n) is 14.3. The molecule has 1 atom stereocenters. The number of amides is 1. The monoisotopic (exact) mass is 493 g/mol. The van der Waals surface area contributed by atoms with Crippen molar-refractivity contribution in [2.24, 2.45) is 18.9 Å². The number of aryl methyl sites for hydroxylation is 1. The number of methoxy groups -OCH3 is 1. The zero-order chi connectivity index (χ0) is 24.9. The number of aliphatic hydroxyl groups excluding tert-OH is 1. The molecule has 6 rings (SSSR count). The normalized spacial score (nSPS) is 25.2. The minimum Gasteiger partial charge on any atom is -0.497 e. The fourth-order valence-corrected chi connectivity index (χ4v) is 8.13. The van der Waals surface area contributed by atoms with Crippen LogP contribution in [0.2, 0.25) is 0 Å². The lowest BCUT2D eigenvalue weighted by molar-refractivity contribution is -0.141. The summed E-state index contributed by atoms with van der Waals surface area (Å²) in [5.74, 6) is 2.10. The molecule has 1 saturated heterocycles. The molecule has 0 unspecified atom stereocenters. The van der Waals surface area contributed by atoms with Gasteiger partial charge in [-0.25, -0.2) is 0 Å². The number of aromatic nitrogens is 1. The molecular formula is C30H43N3O3. The van der Waals surface area contributed by atoms with Crippen molar-refractivity contribution in [3.63, 3.8) is 0 Å². The van der Waals surface area contributed by atoms with Gasteiger partial charge in [-0.3, -0.25) is 4.79 Å². The Morgan fingerprint density at radius 1 is 1.08 bits per heavy atom. The third-order valence-corrected chi connectivity index (χ3v) is 10.1. The van der Waals surface area contributed by atoms with Crippen molar-refractivity contribution in [3.05, 3.63) is 29.5 Å². The molecular weight excluding hydrogens is 450 g/mol. The van der Waals surface area contributed by atoms with Crippen molar-refractivity contribution in [2.75, 3.05) is 39.9 Å². The molecule has 1 aromatic heterocycles. The number of piperidine rings is 1. The van der Waals surface area contributed by atoms with Crippen molar-refractivity contribution in [3.8, 4) is 5.75 Å². The Kier molecular flexibility index (Phi) is 6.53. The number of aliphatic hydroxyl groups is 1. The summed E-state index contributed by atoms with van der Waals surface area (Å²) >= 11 is 0. The minimum atomic E-state index is -0.279. The summed E-state index contributed by atoms with van der Waals surface area (Å²) < 4.78 is 7.81. The molecule has 4 aliphatic rings. The molecule has 2 aliphatic carbocycles. The molecule has 2 aromatic rings. The predicted octanol–water partition coefficient (Wildman–Crippen LogP) is 4.78. The number of hydrogen-bond donors (Lipinski definition) is 1. The maximum absolute atomic E-state index is 13.9. The number of hydrogen-bond acceptors (Lipinski definition) is 4. The molecule has 6 heteroatoms. The molecule has 1 N–H and O–H groups in total. The zero-order valence-electron chi connectivity index (χ0n) is 22.2. The van der Waals surface area contributed by atoms with E-state index in [1.54, 1.807) is 7.11 Å². The van der Waals surface area contributed by atoms with Crippen LogP contribution in [0, 0.1) is 11.8 Å². The molecule has 1 amide bonds. The number of nitrogens with zero attached hydrogens (tertiary/aromatic N) is 3. The van der Waals surface area contributed by atoms with Gasteiger partial charge in [0.15, 0.2) is 0 Å². The smallest absolute Gasteiger partial charge is 0.226 e. The van der Waals surface area contributed by atoms with Gasteiger partial charge in [0, 0.05) is 48.6 Å². The third kappa shape index (κ3) is 3.96. The van der Waals surface area contributed by atoms with Crippen LogP contribution in [-0.2, 0) is 17.3 Å². The molecule has 2 aliphatic heterocycles. The molecule has 1 spiro atoms. The quantitative estimate of drug-likeness (QED) is 0.652. The van der Waals surface area contributed by atoms with Crippen LogP contribution in [0.1, 0.15) is 81.5 Å². The lowest BCUT2D eigenvalue weighted by Gasteiger charge is -2.51. The number of rotatable bonds is 5. The van der Waals surface area contributed by atoms with Gasteiger partial charge in [0.05, 0.1) is 25.3 Å². The maximum Gasteiger partial charge on any atom is 0.226 e. The lowest BCUT2D eigenvalue weighted by Crippen LogP contribution is -2.56. The van der Waals surface area contributed by atoms with Crippen molar-refractivity contribution < 1.29 is 14.6 Å². The first-order chi connectivity index (χ1) is 17.5. The second-order valence-electron chi connectivity index (χ2n) is 12.1. The average molecular weight is 494 g/mol. The van der Waals surface area contributed by atoms with E-state index in [1.807, 2.05) is 0 Å². The number of benzene rings is 1. The van der Waals surface area contributed by atoms with E-state index < -0.39 is 0 Å². The van der Waals surface area contributed by atoms with Crippen molar-refractivity contribution in [1.29, 1.82) is 0 Å². The third-order valence-electron chi connectivity index (χ3n) is 10.1. The van der Waals surface area contributed by atoms with Gasteiger partial charge < -0.3 is 24.2 Å². The Bertz CT molecular complexity index is 1100. The molecule has 3 fully saturated rings. The largest absolute Gasteiger partial charge is 0.497 e. The maximum atomic E-state index is 13.9. The average Bonchev–Trinajstić information content (AvgIpc) is 3.67. The summed E-state index contributed by atoms with van der Waals surface area (Å²) in [6.07, 6.45) is 12.0. The fraction of sp³-hybridized carbons (Fsp3) is 0.700. The van der Waals surface area contributed by atoms with E-state index in [0.29, 0.717) is 0 Å². The highest BCUT2D eigenvalue weighted by Crippen LogP contribution is 2.51. The van der Waals surface area contributed by atoms with Crippen molar-refractivity contribution in [2.45, 2.75) is 75.7 Å². The van der Waals surface area contributed by atoms with E-state index >= 15 is 0 Å². The van der Waals surface area contributed by atoms with Gasteiger partial charge in [-0.1, -0.05) is 25.7 Å². The summed E-state index contributed by atoms with van der Waals surface area (Å²) in [6.45, 7) is 4.13. The van der Waals surface area contributed by atoms with Gasteiger partial charge in [-0.2, -0.15) is 0 Å². The highest BCUT2D eigenvalue weighted by atomic mass is 16.5. The lowest BCUT2D eigenvalue weighted by atomic mass is 9.68. The van der Waals surface area contributed by atoms with Crippen LogP contribution < -0.4 is 4.74 Å². The predicted molar refractivity (Wildman–Crippen MR) is 142 cm³/mol. The molecule has 196 valence electrons. The second kappa shape index (κ2) is 9.68. The Balaban J connectivity index is 1.41. The van der Waals surface area contributed by atoms with Gasteiger partial charge >= 0.3 is 0 Å².